The van der Waals surface area contributed by atoms with E-state index in [0.29, 0.717) is 5.56 Å². The summed E-state index contributed by atoms with van der Waals surface area (Å²) in [5.41, 5.74) is 3.81. The number of benzene rings is 1. The Balaban J connectivity index is 1.44. The highest BCUT2D eigenvalue weighted by atomic mass is 32.1. The van der Waals surface area contributed by atoms with Crippen molar-refractivity contribution >= 4 is 17.2 Å². The van der Waals surface area contributed by atoms with E-state index in [4.69, 9.17) is 5.26 Å². The van der Waals surface area contributed by atoms with Crippen molar-refractivity contribution in [3.8, 4) is 11.1 Å². The second kappa shape index (κ2) is 8.24. The molecule has 1 amide bonds. The van der Waals surface area contributed by atoms with E-state index >= 15 is 0 Å². The van der Waals surface area contributed by atoms with E-state index in [2.05, 4.69) is 17.9 Å². The lowest BCUT2D eigenvalue weighted by molar-refractivity contribution is 0.0628. The van der Waals surface area contributed by atoms with Crippen LogP contribution in [0.15, 0.2) is 48.8 Å². The first-order valence-electron chi connectivity index (χ1n) is 9.81. The van der Waals surface area contributed by atoms with Crippen LogP contribution in [0, 0.1) is 25.2 Å². The number of thiophene rings is 1. The zero-order valence-corrected chi connectivity index (χ0v) is 17.6. The van der Waals surface area contributed by atoms with Crippen LogP contribution >= 0.6 is 11.3 Å². The predicted molar refractivity (Wildman–Crippen MR) is 115 cm³/mol. The zero-order chi connectivity index (χ0) is 20.4. The van der Waals surface area contributed by atoms with E-state index in [-0.39, 0.29) is 5.91 Å². The minimum atomic E-state index is 0.133. The zero-order valence-electron chi connectivity index (χ0n) is 16.8. The van der Waals surface area contributed by atoms with E-state index in [1.807, 2.05) is 65.2 Å². The Bertz CT molecular complexity index is 1040. The smallest absolute Gasteiger partial charge is 0.257 e. The van der Waals surface area contributed by atoms with Gasteiger partial charge in [0.1, 0.15) is 5.00 Å². The molecule has 0 unspecified atom stereocenters. The Kier molecular flexibility index (Phi) is 5.52. The topological polar surface area (TPSA) is 52.3 Å². The molecule has 1 aliphatic heterocycles. The molecule has 4 rings (SSSR count). The second-order valence-electron chi connectivity index (χ2n) is 7.43. The number of nitrogens with zero attached hydrogens (tertiary/aromatic N) is 4. The number of aromatic nitrogens is 1. The van der Waals surface area contributed by atoms with E-state index < -0.39 is 0 Å². The van der Waals surface area contributed by atoms with Crippen LogP contribution in [-0.2, 0) is 6.54 Å². The maximum atomic E-state index is 13.4. The van der Waals surface area contributed by atoms with Gasteiger partial charge in [-0.1, -0.05) is 12.1 Å². The molecule has 0 radical (unpaired) electrons. The molecule has 5 nitrogen and oxygen atoms in total. The average Bonchev–Trinajstić information content (AvgIpc) is 3.37. The van der Waals surface area contributed by atoms with Crippen LogP contribution in [0.3, 0.4) is 0 Å². The van der Waals surface area contributed by atoms with Gasteiger partial charge in [-0.25, -0.2) is 0 Å². The molecular formula is C23H24N4OS. The van der Waals surface area contributed by atoms with Gasteiger partial charge in [0.2, 0.25) is 0 Å². The molecule has 6 heteroatoms. The molecule has 0 N–H and O–H groups in total. The van der Waals surface area contributed by atoms with E-state index in [1.54, 1.807) is 11.3 Å². The van der Waals surface area contributed by atoms with Crippen molar-refractivity contribution in [1.82, 2.24) is 14.4 Å². The number of amides is 1. The molecule has 0 spiro atoms. The molecule has 0 aliphatic carbocycles. The highest BCUT2D eigenvalue weighted by molar-refractivity contribution is 7.15. The lowest BCUT2D eigenvalue weighted by atomic mass is 10.1. The average molecular weight is 405 g/mol. The standard InChI is InChI=1S/C23H24N4OS/c1-17-18(2)29-23(27-9-3-4-10-27)21(17)22(28)26-13-11-25(12-14-26)16-20-7-5-19(15-24)6-8-20/h3-10H,11-14,16H2,1-2H3. The molecular weight excluding hydrogens is 380 g/mol. The molecule has 3 heterocycles. The summed E-state index contributed by atoms with van der Waals surface area (Å²) in [4.78, 5) is 18.9. The van der Waals surface area contributed by atoms with Crippen LogP contribution in [0.25, 0.3) is 5.00 Å². The number of hydrogen-bond acceptors (Lipinski definition) is 4. The van der Waals surface area contributed by atoms with Gasteiger partial charge < -0.3 is 9.47 Å². The predicted octanol–water partition coefficient (Wildman–Crippen LogP) is 3.99. The van der Waals surface area contributed by atoms with Gasteiger partial charge in [0.15, 0.2) is 0 Å². The minimum Gasteiger partial charge on any atom is -0.336 e. The van der Waals surface area contributed by atoms with Crippen molar-refractivity contribution in [2.75, 3.05) is 26.2 Å². The largest absolute Gasteiger partial charge is 0.336 e. The number of nitriles is 1. The number of rotatable bonds is 4. The summed E-state index contributed by atoms with van der Waals surface area (Å²) in [6.45, 7) is 8.15. The fourth-order valence-corrected chi connectivity index (χ4v) is 4.84. The number of hydrogen-bond donors (Lipinski definition) is 0. The molecule has 0 atom stereocenters. The van der Waals surface area contributed by atoms with Crippen LogP contribution in [0.2, 0.25) is 0 Å². The molecule has 29 heavy (non-hydrogen) atoms. The van der Waals surface area contributed by atoms with Gasteiger partial charge in [0.05, 0.1) is 17.2 Å². The summed E-state index contributed by atoms with van der Waals surface area (Å²) < 4.78 is 2.04. The van der Waals surface area contributed by atoms with E-state index in [9.17, 15) is 4.79 Å². The van der Waals surface area contributed by atoms with Gasteiger partial charge in [-0.2, -0.15) is 5.26 Å². The Labute approximate surface area is 175 Å². The summed E-state index contributed by atoms with van der Waals surface area (Å²) >= 11 is 1.68. The van der Waals surface area contributed by atoms with Crippen molar-refractivity contribution < 1.29 is 4.79 Å². The summed E-state index contributed by atoms with van der Waals surface area (Å²) in [6, 6.07) is 13.9. The summed E-state index contributed by atoms with van der Waals surface area (Å²) in [5, 5.41) is 9.94. The third-order valence-electron chi connectivity index (χ3n) is 5.57. The van der Waals surface area contributed by atoms with Crippen molar-refractivity contribution in [1.29, 1.82) is 5.26 Å². The van der Waals surface area contributed by atoms with Gasteiger partial charge in [-0.15, -0.1) is 11.3 Å². The molecule has 3 aromatic rings. The monoisotopic (exact) mass is 404 g/mol. The van der Waals surface area contributed by atoms with Gasteiger partial charge in [0.25, 0.3) is 5.91 Å². The van der Waals surface area contributed by atoms with E-state index in [0.717, 1.165) is 48.9 Å². The van der Waals surface area contributed by atoms with Gasteiger partial charge in [-0.3, -0.25) is 9.69 Å². The third kappa shape index (κ3) is 3.98. The van der Waals surface area contributed by atoms with Crippen LogP contribution in [-0.4, -0.2) is 46.5 Å². The fraction of sp³-hybridized carbons (Fsp3) is 0.304. The number of carbonyl (C=O) groups is 1. The summed E-state index contributed by atoms with van der Waals surface area (Å²) in [7, 11) is 0. The van der Waals surface area contributed by atoms with E-state index in [1.165, 1.54) is 10.4 Å². The maximum absolute atomic E-state index is 13.4. The molecule has 1 aromatic carbocycles. The first kappa shape index (κ1) is 19.4. The lowest BCUT2D eigenvalue weighted by Crippen LogP contribution is -2.48. The normalized spacial score (nSPS) is 14.7. The van der Waals surface area contributed by atoms with Crippen molar-refractivity contribution in [3.05, 3.63) is 75.9 Å². The molecule has 1 aliphatic rings. The Morgan fingerprint density at radius 3 is 2.34 bits per heavy atom. The quantitative estimate of drug-likeness (QED) is 0.661. The first-order chi connectivity index (χ1) is 14.1. The van der Waals surface area contributed by atoms with Gasteiger partial charge in [-0.05, 0) is 49.2 Å². The molecule has 0 bridgehead atoms. The third-order valence-corrected chi connectivity index (χ3v) is 6.79. The van der Waals surface area contributed by atoms with Crippen LogP contribution < -0.4 is 0 Å². The minimum absolute atomic E-state index is 0.133. The van der Waals surface area contributed by atoms with Crippen molar-refractivity contribution in [3.63, 3.8) is 0 Å². The van der Waals surface area contributed by atoms with Crippen LogP contribution in [0.1, 0.15) is 31.9 Å². The Morgan fingerprint density at radius 2 is 1.72 bits per heavy atom. The molecule has 1 saturated heterocycles. The number of aryl methyl sites for hydroxylation is 1. The molecule has 1 fully saturated rings. The highest BCUT2D eigenvalue weighted by Gasteiger charge is 2.27. The summed E-state index contributed by atoms with van der Waals surface area (Å²) in [6.07, 6.45) is 3.99. The Hall–Kier alpha value is -2.88. The lowest BCUT2D eigenvalue weighted by Gasteiger charge is -2.35. The number of carbonyl (C=O) groups excluding carboxylic acids is 1. The van der Waals surface area contributed by atoms with Crippen molar-refractivity contribution in [2.45, 2.75) is 20.4 Å². The molecule has 2 aromatic heterocycles. The summed E-state index contributed by atoms with van der Waals surface area (Å²) in [5.74, 6) is 0.133. The van der Waals surface area contributed by atoms with Gasteiger partial charge in [0, 0.05) is 50.0 Å². The maximum Gasteiger partial charge on any atom is 0.257 e. The van der Waals surface area contributed by atoms with Crippen LogP contribution in [0.5, 0.6) is 0 Å². The SMILES string of the molecule is Cc1sc(-n2cccc2)c(C(=O)N2CCN(Cc3ccc(C#N)cc3)CC2)c1C. The molecule has 0 saturated carbocycles. The number of piperazine rings is 1. The Morgan fingerprint density at radius 1 is 1.07 bits per heavy atom. The molecule has 148 valence electrons. The van der Waals surface area contributed by atoms with Crippen LogP contribution in [0.4, 0.5) is 0 Å². The fourth-order valence-electron chi connectivity index (χ4n) is 3.72. The van der Waals surface area contributed by atoms with Crippen molar-refractivity contribution in [2.24, 2.45) is 0 Å². The van der Waals surface area contributed by atoms with Gasteiger partial charge >= 0.3 is 0 Å². The highest BCUT2D eigenvalue weighted by Crippen LogP contribution is 2.32. The first-order valence-corrected chi connectivity index (χ1v) is 10.6. The second-order valence-corrected chi connectivity index (χ2v) is 8.63.